The van der Waals surface area contributed by atoms with E-state index in [1.54, 1.807) is 32.9 Å². The van der Waals surface area contributed by atoms with Crippen LogP contribution in [-0.2, 0) is 14.8 Å². The molecule has 3 amide bonds. The molecule has 0 radical (unpaired) electrons. The summed E-state index contributed by atoms with van der Waals surface area (Å²) in [5.41, 5.74) is 0.841. The standard InChI is InChI=1S/C23H35N5O4S2/c1-14(2)24-22(30)26-18-10-8-17(9-11-18)21-27-19(20(13-33-21)25-16(4)29)12-15(3)34(31,32)28-23(5,6)7/h8-11,14,19-20,28H,3,12-13H2,1-2,4-7H3,(H,25,29)(H2,24,26,30)/t19-,20?/m1/s1. The normalized spacial score (nSPS) is 18.7. The van der Waals surface area contributed by atoms with E-state index in [9.17, 15) is 18.0 Å². The summed E-state index contributed by atoms with van der Waals surface area (Å²) in [4.78, 5) is 28.4. The van der Waals surface area contributed by atoms with Crippen molar-refractivity contribution >= 4 is 44.5 Å². The molecule has 0 bridgehead atoms. The molecule has 0 spiro atoms. The van der Waals surface area contributed by atoms with Gasteiger partial charge in [0, 0.05) is 41.9 Å². The third-order valence-corrected chi connectivity index (χ3v) is 7.55. The van der Waals surface area contributed by atoms with Crippen molar-refractivity contribution in [2.45, 2.75) is 71.6 Å². The van der Waals surface area contributed by atoms with Gasteiger partial charge in [-0.2, -0.15) is 0 Å². The first kappa shape index (κ1) is 27.9. The first-order valence-electron chi connectivity index (χ1n) is 11.0. The number of carbonyl (C=O) groups excluding carboxylic acids is 2. The molecule has 2 atom stereocenters. The predicted octanol–water partition coefficient (Wildman–Crippen LogP) is 3.20. The van der Waals surface area contributed by atoms with Crippen LogP contribution < -0.4 is 20.7 Å². The Hall–Kier alpha value is -2.37. The van der Waals surface area contributed by atoms with Crippen LogP contribution in [0.5, 0.6) is 0 Å². The smallest absolute Gasteiger partial charge is 0.319 e. The van der Waals surface area contributed by atoms with E-state index in [0.29, 0.717) is 11.4 Å². The number of thioether (sulfide) groups is 1. The van der Waals surface area contributed by atoms with E-state index in [2.05, 4.69) is 27.3 Å². The van der Waals surface area contributed by atoms with Crippen molar-refractivity contribution in [2.24, 2.45) is 4.99 Å². The molecule has 0 saturated carbocycles. The van der Waals surface area contributed by atoms with E-state index >= 15 is 0 Å². The monoisotopic (exact) mass is 509 g/mol. The average molecular weight is 510 g/mol. The third kappa shape index (κ3) is 8.77. The van der Waals surface area contributed by atoms with Gasteiger partial charge in [-0.05, 0) is 46.8 Å². The molecule has 9 nitrogen and oxygen atoms in total. The zero-order valence-electron chi connectivity index (χ0n) is 20.6. The lowest BCUT2D eigenvalue weighted by Gasteiger charge is -2.30. The molecule has 1 heterocycles. The Morgan fingerprint density at radius 1 is 1.21 bits per heavy atom. The van der Waals surface area contributed by atoms with Crippen LogP contribution in [0.2, 0.25) is 0 Å². The van der Waals surface area contributed by atoms with Crippen molar-refractivity contribution in [3.05, 3.63) is 41.3 Å². The molecule has 4 N–H and O–H groups in total. The minimum Gasteiger partial charge on any atom is -0.351 e. The molecule has 2 rings (SSSR count). The molecular formula is C23H35N5O4S2. The number of nitrogens with one attached hydrogen (secondary N) is 4. The van der Waals surface area contributed by atoms with Crippen LogP contribution in [-0.4, -0.2) is 54.8 Å². The maximum absolute atomic E-state index is 12.7. The van der Waals surface area contributed by atoms with Gasteiger partial charge in [-0.3, -0.25) is 9.79 Å². The third-order valence-electron chi connectivity index (χ3n) is 4.60. The second-order valence-corrected chi connectivity index (χ2v) is 12.3. The number of nitrogens with zero attached hydrogens (tertiary/aromatic N) is 1. The number of amides is 3. The number of carbonyl (C=O) groups is 2. The Morgan fingerprint density at radius 2 is 1.82 bits per heavy atom. The zero-order chi connectivity index (χ0) is 25.7. The zero-order valence-corrected chi connectivity index (χ0v) is 22.2. The Labute approximate surface area is 206 Å². The molecule has 1 unspecified atom stereocenters. The molecule has 1 aliphatic rings. The SMILES string of the molecule is C=C(C[C@H]1N=C(c2ccc(NC(=O)NC(C)C)cc2)SCC1NC(C)=O)S(=O)(=O)NC(C)(C)C. The average Bonchev–Trinajstić information content (AvgIpc) is 2.67. The van der Waals surface area contributed by atoms with Gasteiger partial charge < -0.3 is 16.0 Å². The molecule has 0 aromatic heterocycles. The molecule has 1 aromatic carbocycles. The quantitative estimate of drug-likeness (QED) is 0.428. The fourth-order valence-electron chi connectivity index (χ4n) is 3.25. The first-order chi connectivity index (χ1) is 15.7. The largest absolute Gasteiger partial charge is 0.351 e. The highest BCUT2D eigenvalue weighted by Crippen LogP contribution is 2.28. The highest BCUT2D eigenvalue weighted by atomic mass is 32.2. The van der Waals surface area contributed by atoms with Crippen LogP contribution in [0.15, 0.2) is 40.7 Å². The number of aliphatic imine (C=N–C) groups is 1. The van der Waals surface area contributed by atoms with Crippen LogP contribution in [0, 0.1) is 0 Å². The first-order valence-corrected chi connectivity index (χ1v) is 13.5. The molecule has 0 fully saturated rings. The number of hydrogen-bond acceptors (Lipinski definition) is 6. The molecule has 0 saturated heterocycles. The second-order valence-electron chi connectivity index (χ2n) is 9.55. The van der Waals surface area contributed by atoms with Crippen LogP contribution in [0.4, 0.5) is 10.5 Å². The minimum atomic E-state index is -3.76. The fraction of sp³-hybridized carbons (Fsp3) is 0.522. The molecular weight excluding hydrogens is 474 g/mol. The van der Waals surface area contributed by atoms with E-state index in [1.165, 1.54) is 18.7 Å². The summed E-state index contributed by atoms with van der Waals surface area (Å²) >= 11 is 1.48. The van der Waals surface area contributed by atoms with Gasteiger partial charge in [-0.25, -0.2) is 17.9 Å². The van der Waals surface area contributed by atoms with Crippen LogP contribution in [0.3, 0.4) is 0 Å². The molecule has 1 aromatic rings. The highest BCUT2D eigenvalue weighted by Gasteiger charge is 2.32. The molecule has 188 valence electrons. The van der Waals surface area contributed by atoms with Gasteiger partial charge in [-0.15, -0.1) is 11.8 Å². The summed E-state index contributed by atoms with van der Waals surface area (Å²) < 4.78 is 28.0. The number of hydrogen-bond donors (Lipinski definition) is 4. The summed E-state index contributed by atoms with van der Waals surface area (Å²) in [7, 11) is -3.76. The lowest BCUT2D eigenvalue weighted by atomic mass is 10.1. The Bertz CT molecular complexity index is 1040. The van der Waals surface area contributed by atoms with Crippen molar-refractivity contribution in [2.75, 3.05) is 11.1 Å². The summed E-state index contributed by atoms with van der Waals surface area (Å²) in [5.74, 6) is 0.338. The Morgan fingerprint density at radius 3 is 2.35 bits per heavy atom. The molecule has 1 aliphatic heterocycles. The van der Waals surface area contributed by atoms with E-state index in [1.807, 2.05) is 26.0 Å². The highest BCUT2D eigenvalue weighted by molar-refractivity contribution is 8.14. The van der Waals surface area contributed by atoms with Gasteiger partial charge >= 0.3 is 6.03 Å². The number of anilines is 1. The van der Waals surface area contributed by atoms with Gasteiger partial charge in [0.2, 0.25) is 15.9 Å². The Balaban J connectivity index is 2.23. The fourth-order valence-corrected chi connectivity index (χ4v) is 5.74. The lowest BCUT2D eigenvalue weighted by molar-refractivity contribution is -0.119. The number of sulfonamides is 1. The van der Waals surface area contributed by atoms with Crippen molar-refractivity contribution in [3.63, 3.8) is 0 Å². The molecule has 34 heavy (non-hydrogen) atoms. The van der Waals surface area contributed by atoms with Crippen molar-refractivity contribution < 1.29 is 18.0 Å². The number of rotatable bonds is 8. The van der Waals surface area contributed by atoms with Crippen molar-refractivity contribution in [3.8, 4) is 0 Å². The Kier molecular flexibility index (Phi) is 9.32. The van der Waals surface area contributed by atoms with E-state index in [0.717, 1.165) is 10.6 Å². The van der Waals surface area contributed by atoms with Gasteiger partial charge in [0.25, 0.3) is 0 Å². The summed E-state index contributed by atoms with van der Waals surface area (Å²) in [6.07, 6.45) is 0.0788. The summed E-state index contributed by atoms with van der Waals surface area (Å²) in [6, 6.07) is 6.19. The number of benzene rings is 1. The molecule has 0 aliphatic carbocycles. The van der Waals surface area contributed by atoms with E-state index < -0.39 is 21.6 Å². The van der Waals surface area contributed by atoms with Gasteiger partial charge in [0.1, 0.15) is 0 Å². The van der Waals surface area contributed by atoms with Crippen LogP contribution >= 0.6 is 11.8 Å². The van der Waals surface area contributed by atoms with Gasteiger partial charge in [0.05, 0.1) is 22.0 Å². The van der Waals surface area contributed by atoms with Crippen molar-refractivity contribution in [1.29, 1.82) is 0 Å². The second kappa shape index (κ2) is 11.4. The van der Waals surface area contributed by atoms with Gasteiger partial charge in [0.15, 0.2) is 0 Å². The lowest BCUT2D eigenvalue weighted by Crippen LogP contribution is -2.47. The number of urea groups is 1. The van der Waals surface area contributed by atoms with Crippen LogP contribution in [0.25, 0.3) is 0 Å². The minimum absolute atomic E-state index is 0.0217. The van der Waals surface area contributed by atoms with Gasteiger partial charge in [-0.1, -0.05) is 18.7 Å². The van der Waals surface area contributed by atoms with Crippen LogP contribution in [0.1, 0.15) is 53.5 Å². The summed E-state index contributed by atoms with van der Waals surface area (Å²) in [5, 5.41) is 9.15. The van der Waals surface area contributed by atoms with Crippen molar-refractivity contribution in [1.82, 2.24) is 15.4 Å². The maximum atomic E-state index is 12.7. The summed E-state index contributed by atoms with van der Waals surface area (Å²) in [6.45, 7) is 14.3. The maximum Gasteiger partial charge on any atom is 0.319 e. The van der Waals surface area contributed by atoms with E-state index in [-0.39, 0.29) is 35.3 Å². The molecule has 11 heteroatoms. The predicted molar refractivity (Wildman–Crippen MR) is 140 cm³/mol. The topological polar surface area (TPSA) is 129 Å². The van der Waals surface area contributed by atoms with E-state index in [4.69, 9.17) is 4.99 Å².